The quantitative estimate of drug-likeness (QED) is 0.587. The number of pyridine rings is 1. The van der Waals surface area contributed by atoms with Crippen molar-refractivity contribution in [3.05, 3.63) is 48.4 Å². The van der Waals surface area contributed by atoms with Crippen LogP contribution in [0.2, 0.25) is 0 Å². The molecule has 0 spiro atoms. The highest BCUT2D eigenvalue weighted by atomic mass is 32.2. The standard InChI is InChI=1S/C19H21FN6O3S/c1-29-18-8-7-15(11-16(18)20)30(27,28)25-10-4-5-14(12-25)13-26-23-19(22-24-26)17-6-2-3-9-21-17/h2-3,6-9,11,14H,4-5,10,12-13H2,1H3/t14-/m0/s1. The third kappa shape index (κ3) is 4.17. The molecular weight excluding hydrogens is 411 g/mol. The summed E-state index contributed by atoms with van der Waals surface area (Å²) in [5.74, 6) is -0.264. The number of hydrogen-bond acceptors (Lipinski definition) is 7. The Kier molecular flexibility index (Phi) is 5.73. The molecule has 158 valence electrons. The maximum atomic E-state index is 14.0. The van der Waals surface area contributed by atoms with E-state index in [-0.39, 0.29) is 16.6 Å². The van der Waals surface area contributed by atoms with Gasteiger partial charge in [-0.25, -0.2) is 12.8 Å². The van der Waals surface area contributed by atoms with E-state index in [4.69, 9.17) is 4.74 Å². The van der Waals surface area contributed by atoms with Crippen molar-refractivity contribution in [2.24, 2.45) is 5.92 Å². The second-order valence-electron chi connectivity index (χ2n) is 7.05. The minimum atomic E-state index is -3.81. The van der Waals surface area contributed by atoms with Crippen molar-refractivity contribution in [2.75, 3.05) is 20.2 Å². The molecule has 1 aliphatic heterocycles. The van der Waals surface area contributed by atoms with Crippen LogP contribution in [0.1, 0.15) is 12.8 Å². The molecule has 1 aliphatic rings. The highest BCUT2D eigenvalue weighted by Gasteiger charge is 2.31. The molecule has 0 unspecified atom stereocenters. The van der Waals surface area contributed by atoms with Crippen LogP contribution in [0.15, 0.2) is 47.5 Å². The lowest BCUT2D eigenvalue weighted by molar-refractivity contribution is 0.231. The molecule has 2 aromatic heterocycles. The molecule has 0 N–H and O–H groups in total. The van der Waals surface area contributed by atoms with Crippen molar-refractivity contribution in [3.8, 4) is 17.3 Å². The van der Waals surface area contributed by atoms with E-state index in [1.165, 1.54) is 28.3 Å². The number of hydrogen-bond donors (Lipinski definition) is 0. The summed E-state index contributed by atoms with van der Waals surface area (Å²) in [4.78, 5) is 5.59. The van der Waals surface area contributed by atoms with Crippen molar-refractivity contribution in [1.82, 2.24) is 29.5 Å². The van der Waals surface area contributed by atoms with E-state index < -0.39 is 15.8 Å². The SMILES string of the molecule is COc1ccc(S(=O)(=O)N2CCC[C@H](Cn3nnc(-c4ccccn4)n3)C2)cc1F. The zero-order valence-corrected chi connectivity index (χ0v) is 17.2. The van der Waals surface area contributed by atoms with Crippen LogP contribution in [-0.4, -0.2) is 58.1 Å². The first-order valence-corrected chi connectivity index (χ1v) is 10.9. The van der Waals surface area contributed by atoms with Gasteiger partial charge in [0.15, 0.2) is 11.6 Å². The number of sulfonamides is 1. The zero-order chi connectivity index (χ0) is 21.1. The van der Waals surface area contributed by atoms with Gasteiger partial charge in [0.05, 0.1) is 18.6 Å². The molecule has 0 aliphatic carbocycles. The van der Waals surface area contributed by atoms with Crippen molar-refractivity contribution >= 4 is 10.0 Å². The number of nitrogens with zero attached hydrogens (tertiary/aromatic N) is 6. The topological polar surface area (TPSA) is 103 Å². The van der Waals surface area contributed by atoms with Gasteiger partial charge in [-0.1, -0.05) is 6.07 Å². The molecule has 9 nitrogen and oxygen atoms in total. The maximum absolute atomic E-state index is 14.0. The highest BCUT2D eigenvalue weighted by molar-refractivity contribution is 7.89. The Morgan fingerprint density at radius 2 is 2.13 bits per heavy atom. The number of piperidine rings is 1. The Labute approximate surface area is 173 Å². The van der Waals surface area contributed by atoms with Gasteiger partial charge in [0, 0.05) is 19.3 Å². The molecule has 0 amide bonds. The van der Waals surface area contributed by atoms with Gasteiger partial charge in [-0.15, -0.1) is 10.2 Å². The van der Waals surface area contributed by atoms with Crippen molar-refractivity contribution < 1.29 is 17.5 Å². The van der Waals surface area contributed by atoms with E-state index in [1.54, 1.807) is 18.3 Å². The largest absolute Gasteiger partial charge is 0.494 e. The summed E-state index contributed by atoms with van der Waals surface area (Å²) >= 11 is 0. The maximum Gasteiger partial charge on any atom is 0.243 e. The lowest BCUT2D eigenvalue weighted by atomic mass is 10.00. The predicted molar refractivity (Wildman–Crippen MR) is 105 cm³/mol. The van der Waals surface area contributed by atoms with Crippen LogP contribution in [0, 0.1) is 11.7 Å². The average Bonchev–Trinajstić information content (AvgIpc) is 3.23. The van der Waals surface area contributed by atoms with E-state index in [2.05, 4.69) is 20.4 Å². The lowest BCUT2D eigenvalue weighted by Crippen LogP contribution is -2.41. The zero-order valence-electron chi connectivity index (χ0n) is 16.3. The van der Waals surface area contributed by atoms with Crippen LogP contribution < -0.4 is 4.74 Å². The monoisotopic (exact) mass is 432 g/mol. The Bertz CT molecular complexity index is 1120. The molecule has 1 aromatic carbocycles. The number of rotatable bonds is 6. The molecule has 0 radical (unpaired) electrons. The van der Waals surface area contributed by atoms with E-state index in [0.29, 0.717) is 37.6 Å². The van der Waals surface area contributed by atoms with Gasteiger partial charge in [-0.05, 0) is 54.3 Å². The fourth-order valence-corrected chi connectivity index (χ4v) is 5.07. The number of halogens is 1. The van der Waals surface area contributed by atoms with Crippen LogP contribution in [-0.2, 0) is 16.6 Å². The van der Waals surface area contributed by atoms with Crippen LogP contribution in [0.25, 0.3) is 11.5 Å². The summed E-state index contributed by atoms with van der Waals surface area (Å²) in [7, 11) is -2.48. The molecule has 0 saturated carbocycles. The minimum absolute atomic E-state index is 0.00596. The van der Waals surface area contributed by atoms with E-state index in [0.717, 1.165) is 12.5 Å². The first-order valence-electron chi connectivity index (χ1n) is 9.50. The Balaban J connectivity index is 1.47. The molecule has 1 saturated heterocycles. The van der Waals surface area contributed by atoms with Crippen molar-refractivity contribution in [1.29, 1.82) is 0 Å². The second-order valence-corrected chi connectivity index (χ2v) is 8.99. The Morgan fingerprint density at radius 1 is 1.27 bits per heavy atom. The molecule has 3 heterocycles. The number of benzene rings is 1. The third-order valence-corrected chi connectivity index (χ3v) is 6.87. The molecule has 1 fully saturated rings. The summed E-state index contributed by atoms with van der Waals surface area (Å²) < 4.78 is 46.2. The fourth-order valence-electron chi connectivity index (χ4n) is 3.50. The van der Waals surface area contributed by atoms with Crippen molar-refractivity contribution in [2.45, 2.75) is 24.3 Å². The van der Waals surface area contributed by atoms with Gasteiger partial charge in [0.2, 0.25) is 15.8 Å². The second kappa shape index (κ2) is 8.44. The lowest BCUT2D eigenvalue weighted by Gasteiger charge is -2.31. The van der Waals surface area contributed by atoms with Gasteiger partial charge < -0.3 is 4.74 Å². The summed E-state index contributed by atoms with van der Waals surface area (Å²) in [6.45, 7) is 1.12. The van der Waals surface area contributed by atoms with E-state index in [9.17, 15) is 12.8 Å². The van der Waals surface area contributed by atoms with Crippen LogP contribution >= 0.6 is 0 Å². The molecule has 3 aromatic rings. The highest BCUT2D eigenvalue weighted by Crippen LogP contribution is 2.27. The van der Waals surface area contributed by atoms with Gasteiger partial charge in [0.1, 0.15) is 5.69 Å². The van der Waals surface area contributed by atoms with E-state index in [1.807, 2.05) is 6.07 Å². The first kappa shape index (κ1) is 20.4. The van der Waals surface area contributed by atoms with Crippen LogP contribution in [0.3, 0.4) is 0 Å². The van der Waals surface area contributed by atoms with Crippen LogP contribution in [0.5, 0.6) is 5.75 Å². The summed E-state index contributed by atoms with van der Waals surface area (Å²) in [6.07, 6.45) is 3.19. The number of ether oxygens (including phenoxy) is 1. The molecular formula is C19H21FN6O3S. The van der Waals surface area contributed by atoms with Gasteiger partial charge >= 0.3 is 0 Å². The molecule has 4 rings (SSSR count). The number of methoxy groups -OCH3 is 1. The van der Waals surface area contributed by atoms with Gasteiger partial charge in [-0.2, -0.15) is 9.10 Å². The van der Waals surface area contributed by atoms with Crippen molar-refractivity contribution in [3.63, 3.8) is 0 Å². The Morgan fingerprint density at radius 3 is 2.87 bits per heavy atom. The van der Waals surface area contributed by atoms with Gasteiger partial charge in [-0.3, -0.25) is 4.98 Å². The van der Waals surface area contributed by atoms with Crippen LogP contribution in [0.4, 0.5) is 4.39 Å². The minimum Gasteiger partial charge on any atom is -0.494 e. The Hall–Kier alpha value is -2.92. The fraction of sp³-hybridized carbons (Fsp3) is 0.368. The molecule has 11 heteroatoms. The normalized spacial score (nSPS) is 17.7. The van der Waals surface area contributed by atoms with Gasteiger partial charge in [0.25, 0.3) is 0 Å². The molecule has 1 atom stereocenters. The number of aromatic nitrogens is 5. The smallest absolute Gasteiger partial charge is 0.243 e. The predicted octanol–water partition coefficient (Wildman–Crippen LogP) is 1.98. The summed E-state index contributed by atoms with van der Waals surface area (Å²) in [5, 5.41) is 12.4. The first-order chi connectivity index (χ1) is 14.5. The molecule has 0 bridgehead atoms. The number of tetrazole rings is 1. The summed E-state index contributed by atoms with van der Waals surface area (Å²) in [5.41, 5.74) is 0.623. The summed E-state index contributed by atoms with van der Waals surface area (Å²) in [6, 6.07) is 9.12. The molecule has 30 heavy (non-hydrogen) atoms. The van der Waals surface area contributed by atoms with E-state index >= 15 is 0 Å². The average molecular weight is 432 g/mol. The third-order valence-electron chi connectivity index (χ3n) is 5.01.